The first kappa shape index (κ1) is 25.4. The van der Waals surface area contributed by atoms with Gasteiger partial charge in [-0.15, -0.1) is 0 Å². The standard InChI is InChI=1S/C27H35FN2O5/c28-23-5-3-6-25(17-23)35-21-27(32)19-29(14-16-33-20-27)18-22-8-10-24(11-9-22)34-15-4-13-30-12-2-1-7-26(30)31/h3,5-6,8-11,17,32H,1-2,4,7,12-16,18-21H2. The summed E-state index contributed by atoms with van der Waals surface area (Å²) in [6.07, 6.45) is 3.58. The number of likely N-dealkylation sites (tertiary alicyclic amines) is 1. The average molecular weight is 487 g/mol. The van der Waals surface area contributed by atoms with Crippen LogP contribution in [-0.2, 0) is 16.1 Å². The highest BCUT2D eigenvalue weighted by Crippen LogP contribution is 2.20. The van der Waals surface area contributed by atoms with Gasteiger partial charge >= 0.3 is 0 Å². The Morgan fingerprint density at radius 3 is 2.71 bits per heavy atom. The first-order valence-corrected chi connectivity index (χ1v) is 12.4. The third-order valence-electron chi connectivity index (χ3n) is 6.34. The largest absolute Gasteiger partial charge is 0.494 e. The van der Waals surface area contributed by atoms with Crippen molar-refractivity contribution in [3.63, 3.8) is 0 Å². The van der Waals surface area contributed by atoms with Gasteiger partial charge in [0.2, 0.25) is 5.91 Å². The quantitative estimate of drug-likeness (QED) is 0.520. The summed E-state index contributed by atoms with van der Waals surface area (Å²) < 4.78 is 30.5. The van der Waals surface area contributed by atoms with Crippen LogP contribution in [0.2, 0.25) is 0 Å². The zero-order valence-corrected chi connectivity index (χ0v) is 20.2. The molecule has 1 atom stereocenters. The molecule has 2 aliphatic heterocycles. The highest BCUT2D eigenvalue weighted by atomic mass is 19.1. The lowest BCUT2D eigenvalue weighted by Gasteiger charge is -2.30. The van der Waals surface area contributed by atoms with E-state index in [0.29, 0.717) is 45.0 Å². The minimum absolute atomic E-state index is 0.0166. The van der Waals surface area contributed by atoms with Crippen LogP contribution in [0.3, 0.4) is 0 Å². The van der Waals surface area contributed by atoms with Gasteiger partial charge in [-0.1, -0.05) is 18.2 Å². The Morgan fingerprint density at radius 2 is 1.91 bits per heavy atom. The summed E-state index contributed by atoms with van der Waals surface area (Å²) in [4.78, 5) is 15.9. The number of carbonyl (C=O) groups is 1. The van der Waals surface area contributed by atoms with Crippen LogP contribution in [0.1, 0.15) is 31.2 Å². The second-order valence-corrected chi connectivity index (χ2v) is 9.42. The fourth-order valence-corrected chi connectivity index (χ4v) is 4.49. The molecule has 0 saturated carbocycles. The number of benzene rings is 2. The van der Waals surface area contributed by atoms with Gasteiger partial charge in [0, 0.05) is 45.2 Å². The zero-order valence-electron chi connectivity index (χ0n) is 20.2. The number of amides is 1. The highest BCUT2D eigenvalue weighted by molar-refractivity contribution is 5.76. The molecule has 0 aliphatic carbocycles. The van der Waals surface area contributed by atoms with Gasteiger partial charge in [0.25, 0.3) is 0 Å². The van der Waals surface area contributed by atoms with E-state index in [0.717, 1.165) is 43.7 Å². The highest BCUT2D eigenvalue weighted by Gasteiger charge is 2.33. The maximum Gasteiger partial charge on any atom is 0.222 e. The van der Waals surface area contributed by atoms with Crippen molar-refractivity contribution in [3.8, 4) is 11.5 Å². The van der Waals surface area contributed by atoms with Crippen LogP contribution in [0.15, 0.2) is 48.5 Å². The number of halogens is 1. The van der Waals surface area contributed by atoms with Gasteiger partial charge in [0.15, 0.2) is 0 Å². The van der Waals surface area contributed by atoms with Crippen molar-refractivity contribution in [2.45, 2.75) is 37.8 Å². The normalized spacial score (nSPS) is 21.5. The molecule has 2 heterocycles. The number of nitrogens with zero attached hydrogens (tertiary/aromatic N) is 2. The SMILES string of the molecule is O=C1CCCCN1CCCOc1ccc(CN2CCOCC(O)(COc3cccc(F)c3)C2)cc1. The molecule has 0 radical (unpaired) electrons. The molecule has 2 saturated heterocycles. The molecule has 1 unspecified atom stereocenters. The number of carbonyl (C=O) groups excluding carboxylic acids is 1. The number of aliphatic hydroxyl groups is 1. The molecule has 1 N–H and O–H groups in total. The summed E-state index contributed by atoms with van der Waals surface area (Å²) in [5, 5.41) is 11.1. The predicted molar refractivity (Wildman–Crippen MR) is 130 cm³/mol. The Bertz CT molecular complexity index is 957. The molecule has 2 aromatic carbocycles. The third kappa shape index (κ3) is 7.92. The Morgan fingerprint density at radius 1 is 1.06 bits per heavy atom. The number of hydrogen-bond donors (Lipinski definition) is 1. The van der Waals surface area contributed by atoms with Crippen molar-refractivity contribution in [2.75, 3.05) is 52.6 Å². The topological polar surface area (TPSA) is 71.5 Å². The monoisotopic (exact) mass is 486 g/mol. The van der Waals surface area contributed by atoms with Gasteiger partial charge in [-0.2, -0.15) is 0 Å². The van der Waals surface area contributed by atoms with Crippen LogP contribution in [0, 0.1) is 5.82 Å². The molecule has 7 nitrogen and oxygen atoms in total. The molecule has 0 aromatic heterocycles. The summed E-state index contributed by atoms with van der Waals surface area (Å²) >= 11 is 0. The Hall–Kier alpha value is -2.68. The van der Waals surface area contributed by atoms with Crippen molar-refractivity contribution in [1.29, 1.82) is 0 Å². The maximum absolute atomic E-state index is 13.4. The van der Waals surface area contributed by atoms with E-state index < -0.39 is 5.60 Å². The molecule has 190 valence electrons. The molecule has 2 aromatic rings. The van der Waals surface area contributed by atoms with E-state index in [2.05, 4.69) is 4.90 Å². The summed E-state index contributed by atoms with van der Waals surface area (Å²) in [6, 6.07) is 13.9. The zero-order chi connectivity index (χ0) is 24.5. The summed E-state index contributed by atoms with van der Waals surface area (Å²) in [5.41, 5.74) is -0.0895. The predicted octanol–water partition coefficient (Wildman–Crippen LogP) is 3.25. The summed E-state index contributed by atoms with van der Waals surface area (Å²) in [6.45, 7) is 4.61. The molecule has 35 heavy (non-hydrogen) atoms. The number of β-amino-alcohol motifs (C(OH)–C–C–N with tert-alkyl or cyclic N) is 1. The minimum atomic E-state index is -1.19. The fourth-order valence-electron chi connectivity index (χ4n) is 4.49. The average Bonchev–Trinajstić information content (AvgIpc) is 3.04. The lowest BCUT2D eigenvalue weighted by molar-refractivity contribution is -0.133. The second-order valence-electron chi connectivity index (χ2n) is 9.42. The minimum Gasteiger partial charge on any atom is -0.494 e. The van der Waals surface area contributed by atoms with Gasteiger partial charge in [-0.25, -0.2) is 4.39 Å². The van der Waals surface area contributed by atoms with Crippen molar-refractivity contribution in [3.05, 3.63) is 59.9 Å². The molecular weight excluding hydrogens is 451 g/mol. The molecule has 0 bridgehead atoms. The molecule has 2 fully saturated rings. The maximum atomic E-state index is 13.4. The molecule has 2 aliphatic rings. The van der Waals surface area contributed by atoms with E-state index in [9.17, 15) is 14.3 Å². The van der Waals surface area contributed by atoms with Gasteiger partial charge in [-0.3, -0.25) is 9.69 Å². The Balaban J connectivity index is 1.22. The fraction of sp³-hybridized carbons (Fsp3) is 0.519. The van der Waals surface area contributed by atoms with E-state index in [4.69, 9.17) is 14.2 Å². The molecule has 1 amide bonds. The van der Waals surface area contributed by atoms with Crippen LogP contribution in [0.5, 0.6) is 11.5 Å². The van der Waals surface area contributed by atoms with Crippen LogP contribution < -0.4 is 9.47 Å². The molecular formula is C27H35FN2O5. The molecule has 8 heteroatoms. The second kappa shape index (κ2) is 12.3. The number of rotatable bonds is 10. The lowest BCUT2D eigenvalue weighted by Crippen LogP contribution is -2.48. The smallest absolute Gasteiger partial charge is 0.222 e. The van der Waals surface area contributed by atoms with Crippen LogP contribution in [0.4, 0.5) is 4.39 Å². The van der Waals surface area contributed by atoms with Gasteiger partial charge in [0.1, 0.15) is 29.5 Å². The number of hydrogen-bond acceptors (Lipinski definition) is 6. The van der Waals surface area contributed by atoms with Gasteiger partial charge < -0.3 is 24.2 Å². The first-order valence-electron chi connectivity index (χ1n) is 12.4. The lowest BCUT2D eigenvalue weighted by atomic mass is 10.1. The van der Waals surface area contributed by atoms with Crippen LogP contribution >= 0.6 is 0 Å². The number of ether oxygens (including phenoxy) is 3. The van der Waals surface area contributed by atoms with Crippen molar-refractivity contribution < 1.29 is 28.5 Å². The van der Waals surface area contributed by atoms with E-state index in [1.807, 2.05) is 29.2 Å². The third-order valence-corrected chi connectivity index (χ3v) is 6.34. The first-order chi connectivity index (χ1) is 17.0. The van der Waals surface area contributed by atoms with E-state index in [-0.39, 0.29) is 24.9 Å². The summed E-state index contributed by atoms with van der Waals surface area (Å²) in [7, 11) is 0. The van der Waals surface area contributed by atoms with Crippen LogP contribution in [0.25, 0.3) is 0 Å². The van der Waals surface area contributed by atoms with E-state index in [1.54, 1.807) is 12.1 Å². The Labute approximate surface area is 206 Å². The summed E-state index contributed by atoms with van der Waals surface area (Å²) in [5.74, 6) is 1.06. The molecule has 0 spiro atoms. The van der Waals surface area contributed by atoms with Gasteiger partial charge in [-0.05, 0) is 49.1 Å². The van der Waals surface area contributed by atoms with E-state index in [1.165, 1.54) is 12.1 Å². The van der Waals surface area contributed by atoms with E-state index >= 15 is 0 Å². The Kier molecular flexibility index (Phi) is 8.95. The van der Waals surface area contributed by atoms with Crippen LogP contribution in [-0.4, -0.2) is 79.0 Å². The van der Waals surface area contributed by atoms with Gasteiger partial charge in [0.05, 0.1) is 19.8 Å². The van der Waals surface area contributed by atoms with Crippen molar-refractivity contribution in [1.82, 2.24) is 9.80 Å². The van der Waals surface area contributed by atoms with Crippen molar-refractivity contribution in [2.24, 2.45) is 0 Å². The number of piperidine rings is 1. The van der Waals surface area contributed by atoms with Crippen molar-refractivity contribution >= 4 is 5.91 Å². The molecule has 4 rings (SSSR count).